The molecule has 0 amide bonds. The smallest absolute Gasteiger partial charge is 0.216 e. The van der Waals surface area contributed by atoms with Crippen molar-refractivity contribution in [3.63, 3.8) is 0 Å². The molecule has 5 heteroatoms. The standard InChI is InChI=1S/C22H20N4S/c1-15-10-11-16(2)19(12-15)14-23-26-21(24-25-22(26)27)13-18-8-5-7-17-6-3-4-9-20(17)18/h3-12,14H,13H2,1-2H3,(H,25,27)/b23-14-. The molecule has 1 heterocycles. The Bertz CT molecular complexity index is 1200. The molecule has 4 nitrogen and oxygen atoms in total. The maximum Gasteiger partial charge on any atom is 0.216 e. The third-order valence-electron chi connectivity index (χ3n) is 4.69. The maximum atomic E-state index is 5.39. The van der Waals surface area contributed by atoms with Gasteiger partial charge in [-0.3, -0.25) is 5.10 Å². The molecule has 0 aliphatic carbocycles. The van der Waals surface area contributed by atoms with E-state index in [1.54, 1.807) is 4.68 Å². The van der Waals surface area contributed by atoms with E-state index < -0.39 is 0 Å². The molecule has 0 atom stereocenters. The summed E-state index contributed by atoms with van der Waals surface area (Å²) in [7, 11) is 0. The van der Waals surface area contributed by atoms with Gasteiger partial charge in [0.05, 0.1) is 6.21 Å². The molecule has 3 aromatic carbocycles. The van der Waals surface area contributed by atoms with Crippen LogP contribution in [0, 0.1) is 18.6 Å². The fourth-order valence-electron chi connectivity index (χ4n) is 3.19. The van der Waals surface area contributed by atoms with Crippen LogP contribution in [-0.2, 0) is 6.42 Å². The first-order chi connectivity index (χ1) is 13.1. The molecule has 0 aliphatic heterocycles. The SMILES string of the molecule is Cc1ccc(C)c(/C=N\n2c(Cc3cccc4ccccc34)n[nH]c2=S)c1. The van der Waals surface area contributed by atoms with Gasteiger partial charge >= 0.3 is 0 Å². The van der Waals surface area contributed by atoms with Crippen LogP contribution < -0.4 is 0 Å². The fourth-order valence-corrected chi connectivity index (χ4v) is 3.39. The molecule has 0 fully saturated rings. The zero-order chi connectivity index (χ0) is 18.8. The highest BCUT2D eigenvalue weighted by atomic mass is 32.1. The Morgan fingerprint density at radius 2 is 1.89 bits per heavy atom. The summed E-state index contributed by atoms with van der Waals surface area (Å²) >= 11 is 5.39. The normalized spacial score (nSPS) is 11.5. The van der Waals surface area contributed by atoms with Gasteiger partial charge in [-0.05, 0) is 53.5 Å². The molecule has 4 rings (SSSR count). The van der Waals surface area contributed by atoms with E-state index in [9.17, 15) is 0 Å². The van der Waals surface area contributed by atoms with E-state index in [1.807, 2.05) is 6.21 Å². The minimum Gasteiger partial charge on any atom is -0.250 e. The van der Waals surface area contributed by atoms with Crippen LogP contribution in [-0.4, -0.2) is 21.1 Å². The Hall–Kier alpha value is -3.05. The van der Waals surface area contributed by atoms with Gasteiger partial charge in [-0.15, -0.1) is 0 Å². The lowest BCUT2D eigenvalue weighted by molar-refractivity contribution is 0.793. The first-order valence-electron chi connectivity index (χ1n) is 8.86. The van der Waals surface area contributed by atoms with Crippen molar-refractivity contribution >= 4 is 29.2 Å². The van der Waals surface area contributed by atoms with Crippen molar-refractivity contribution < 1.29 is 0 Å². The number of hydrogen-bond donors (Lipinski definition) is 1. The van der Waals surface area contributed by atoms with E-state index in [0.717, 1.165) is 11.4 Å². The fraction of sp³-hybridized carbons (Fsp3) is 0.136. The minimum atomic E-state index is 0.492. The number of nitrogens with zero attached hydrogens (tertiary/aromatic N) is 3. The molecule has 0 unspecified atom stereocenters. The summed E-state index contributed by atoms with van der Waals surface area (Å²) < 4.78 is 2.20. The molecule has 1 N–H and O–H groups in total. The number of benzene rings is 3. The number of aryl methyl sites for hydroxylation is 2. The van der Waals surface area contributed by atoms with Gasteiger partial charge in [0.2, 0.25) is 4.77 Å². The van der Waals surface area contributed by atoms with Crippen molar-refractivity contribution in [3.8, 4) is 0 Å². The third-order valence-corrected chi connectivity index (χ3v) is 4.96. The molecule has 0 radical (unpaired) electrons. The van der Waals surface area contributed by atoms with E-state index >= 15 is 0 Å². The van der Waals surface area contributed by atoms with Crippen LogP contribution in [0.3, 0.4) is 0 Å². The van der Waals surface area contributed by atoms with Crippen molar-refractivity contribution in [1.82, 2.24) is 14.9 Å². The number of H-pyrrole nitrogens is 1. The molecule has 27 heavy (non-hydrogen) atoms. The van der Waals surface area contributed by atoms with Crippen LogP contribution in [0.5, 0.6) is 0 Å². The highest BCUT2D eigenvalue weighted by Crippen LogP contribution is 2.21. The monoisotopic (exact) mass is 372 g/mol. The summed E-state index contributed by atoms with van der Waals surface area (Å²) in [4.78, 5) is 0. The Morgan fingerprint density at radius 1 is 1.07 bits per heavy atom. The molecular formula is C22H20N4S. The lowest BCUT2D eigenvalue weighted by Gasteiger charge is -2.06. The van der Waals surface area contributed by atoms with Crippen LogP contribution in [0.25, 0.3) is 10.8 Å². The van der Waals surface area contributed by atoms with Gasteiger partial charge < -0.3 is 0 Å². The number of aromatic amines is 1. The van der Waals surface area contributed by atoms with Crippen molar-refractivity contribution in [1.29, 1.82) is 0 Å². The zero-order valence-electron chi connectivity index (χ0n) is 15.3. The summed E-state index contributed by atoms with van der Waals surface area (Å²) in [6.07, 6.45) is 2.50. The molecule has 0 aliphatic rings. The minimum absolute atomic E-state index is 0.492. The van der Waals surface area contributed by atoms with Gasteiger partial charge in [0, 0.05) is 6.42 Å². The van der Waals surface area contributed by atoms with Crippen LogP contribution >= 0.6 is 12.2 Å². The van der Waals surface area contributed by atoms with Crippen LogP contribution in [0.4, 0.5) is 0 Å². The van der Waals surface area contributed by atoms with Crippen LogP contribution in [0.1, 0.15) is 28.1 Å². The summed E-state index contributed by atoms with van der Waals surface area (Å²) in [6.45, 7) is 4.15. The van der Waals surface area contributed by atoms with E-state index in [4.69, 9.17) is 12.2 Å². The van der Waals surface area contributed by atoms with E-state index in [-0.39, 0.29) is 0 Å². The lowest BCUT2D eigenvalue weighted by Crippen LogP contribution is -2.01. The molecule has 0 saturated carbocycles. The van der Waals surface area contributed by atoms with Crippen molar-refractivity contribution in [2.24, 2.45) is 5.10 Å². The second kappa shape index (κ2) is 7.29. The summed E-state index contributed by atoms with van der Waals surface area (Å²) in [5, 5.41) is 14.3. The average Bonchev–Trinajstić information content (AvgIpc) is 3.02. The van der Waals surface area contributed by atoms with Gasteiger partial charge in [0.15, 0.2) is 5.82 Å². The number of rotatable bonds is 4. The van der Waals surface area contributed by atoms with Gasteiger partial charge in [-0.1, -0.05) is 66.2 Å². The topological polar surface area (TPSA) is 46.0 Å². The van der Waals surface area contributed by atoms with Gasteiger partial charge in [-0.2, -0.15) is 14.9 Å². The highest BCUT2D eigenvalue weighted by Gasteiger charge is 2.09. The molecule has 4 aromatic rings. The Balaban J connectivity index is 1.71. The van der Waals surface area contributed by atoms with Crippen molar-refractivity contribution in [2.45, 2.75) is 20.3 Å². The summed E-state index contributed by atoms with van der Waals surface area (Å²) in [5.41, 5.74) is 4.66. The number of hydrogen-bond acceptors (Lipinski definition) is 3. The maximum absolute atomic E-state index is 5.39. The Labute approximate surface area is 163 Å². The molecule has 0 spiro atoms. The van der Waals surface area contributed by atoms with Crippen molar-refractivity contribution in [2.75, 3.05) is 0 Å². The van der Waals surface area contributed by atoms with E-state index in [0.29, 0.717) is 11.2 Å². The predicted molar refractivity (Wildman–Crippen MR) is 113 cm³/mol. The number of fused-ring (bicyclic) bond motifs is 1. The molecule has 0 bridgehead atoms. The van der Waals surface area contributed by atoms with Crippen LogP contribution in [0.2, 0.25) is 0 Å². The second-order valence-electron chi connectivity index (χ2n) is 6.68. The average molecular weight is 372 g/mol. The highest BCUT2D eigenvalue weighted by molar-refractivity contribution is 7.71. The molecular weight excluding hydrogens is 352 g/mol. The van der Waals surface area contributed by atoms with Crippen LogP contribution in [0.15, 0.2) is 65.8 Å². The summed E-state index contributed by atoms with van der Waals surface area (Å²) in [5.74, 6) is 0.790. The Kier molecular flexibility index (Phi) is 4.69. The summed E-state index contributed by atoms with van der Waals surface area (Å²) in [6, 6.07) is 21.0. The Morgan fingerprint density at radius 3 is 2.78 bits per heavy atom. The third kappa shape index (κ3) is 3.59. The molecule has 1 aromatic heterocycles. The first kappa shape index (κ1) is 17.4. The quantitative estimate of drug-likeness (QED) is 0.396. The number of aromatic nitrogens is 3. The predicted octanol–water partition coefficient (Wildman–Crippen LogP) is 5.18. The largest absolute Gasteiger partial charge is 0.250 e. The lowest BCUT2D eigenvalue weighted by atomic mass is 10.0. The molecule has 134 valence electrons. The first-order valence-corrected chi connectivity index (χ1v) is 9.27. The van der Waals surface area contributed by atoms with Gasteiger partial charge in [0.25, 0.3) is 0 Å². The van der Waals surface area contributed by atoms with Gasteiger partial charge in [-0.25, -0.2) is 0 Å². The van der Waals surface area contributed by atoms with Gasteiger partial charge in [0.1, 0.15) is 0 Å². The number of nitrogens with one attached hydrogen (secondary N) is 1. The second-order valence-corrected chi connectivity index (χ2v) is 7.06. The zero-order valence-corrected chi connectivity index (χ0v) is 16.1. The van der Waals surface area contributed by atoms with E-state index in [1.165, 1.54) is 27.5 Å². The van der Waals surface area contributed by atoms with Crippen molar-refractivity contribution in [3.05, 3.63) is 93.5 Å². The molecule has 0 saturated heterocycles. The van der Waals surface area contributed by atoms with E-state index in [2.05, 4.69) is 89.8 Å².